The maximum absolute atomic E-state index is 12.9. The molecule has 0 radical (unpaired) electrons. The fourth-order valence-electron chi connectivity index (χ4n) is 2.51. The zero-order valence-electron chi connectivity index (χ0n) is 10.00. The van der Waals surface area contributed by atoms with Crippen LogP contribution in [0.2, 0.25) is 0 Å². The number of halogens is 2. The van der Waals surface area contributed by atoms with Gasteiger partial charge in [-0.2, -0.15) is 0 Å². The fourth-order valence-corrected chi connectivity index (χ4v) is 2.51. The lowest BCUT2D eigenvalue weighted by Crippen LogP contribution is -2.10. The largest absolute Gasteiger partial charge is 0.207 e. The molecular formula is C16H14F2. The highest BCUT2D eigenvalue weighted by atomic mass is 19.1. The van der Waals surface area contributed by atoms with Gasteiger partial charge in [-0.1, -0.05) is 24.3 Å². The molecule has 2 heteroatoms. The molecule has 0 saturated heterocycles. The Kier molecular flexibility index (Phi) is 2.66. The van der Waals surface area contributed by atoms with E-state index in [1.54, 1.807) is 0 Å². The molecule has 0 aliphatic heterocycles. The third-order valence-corrected chi connectivity index (χ3v) is 3.77. The summed E-state index contributed by atoms with van der Waals surface area (Å²) in [6, 6.07) is 13.4. The van der Waals surface area contributed by atoms with Crippen molar-refractivity contribution in [3.8, 4) is 0 Å². The summed E-state index contributed by atoms with van der Waals surface area (Å²) in [5.74, 6) is -0.401. The standard InChI is InChI=1S/C16H14F2/c17-14-5-1-12(2-6-14)11-16(9-10-16)13-3-7-15(18)8-4-13/h1-8H,9-11H2. The Bertz CT molecular complexity index is 536. The van der Waals surface area contributed by atoms with Crippen molar-refractivity contribution in [1.29, 1.82) is 0 Å². The molecule has 92 valence electrons. The number of hydrogen-bond donors (Lipinski definition) is 0. The molecule has 0 spiro atoms. The number of hydrogen-bond acceptors (Lipinski definition) is 0. The molecule has 1 fully saturated rings. The average molecular weight is 244 g/mol. The Morgan fingerprint density at radius 2 is 1.28 bits per heavy atom. The van der Waals surface area contributed by atoms with Crippen LogP contribution >= 0.6 is 0 Å². The minimum Gasteiger partial charge on any atom is -0.207 e. The Labute approximate surface area is 105 Å². The van der Waals surface area contributed by atoms with E-state index < -0.39 is 0 Å². The van der Waals surface area contributed by atoms with Crippen LogP contribution < -0.4 is 0 Å². The highest BCUT2D eigenvalue weighted by Gasteiger charge is 2.43. The van der Waals surface area contributed by atoms with Gasteiger partial charge < -0.3 is 0 Å². The topological polar surface area (TPSA) is 0 Å². The lowest BCUT2D eigenvalue weighted by Gasteiger charge is -2.15. The summed E-state index contributed by atoms with van der Waals surface area (Å²) >= 11 is 0. The summed E-state index contributed by atoms with van der Waals surface area (Å²) in [5.41, 5.74) is 2.47. The first-order chi connectivity index (χ1) is 8.68. The summed E-state index contributed by atoms with van der Waals surface area (Å²) in [5, 5.41) is 0. The van der Waals surface area contributed by atoms with Gasteiger partial charge in [0.05, 0.1) is 0 Å². The summed E-state index contributed by atoms with van der Waals surface area (Å²) in [4.78, 5) is 0. The number of rotatable bonds is 3. The monoisotopic (exact) mass is 244 g/mol. The Morgan fingerprint density at radius 1 is 0.778 bits per heavy atom. The van der Waals surface area contributed by atoms with Crippen LogP contribution in [0.4, 0.5) is 8.78 Å². The van der Waals surface area contributed by atoms with Crippen LogP contribution in [0.3, 0.4) is 0 Å². The zero-order chi connectivity index (χ0) is 12.6. The van der Waals surface area contributed by atoms with Crippen LogP contribution in [0.15, 0.2) is 48.5 Å². The maximum Gasteiger partial charge on any atom is 0.123 e. The predicted molar refractivity (Wildman–Crippen MR) is 67.4 cm³/mol. The van der Waals surface area contributed by atoms with Gasteiger partial charge in [-0.05, 0) is 60.1 Å². The predicted octanol–water partition coefficient (Wildman–Crippen LogP) is 4.24. The minimum absolute atomic E-state index is 0.144. The summed E-state index contributed by atoms with van der Waals surface area (Å²) in [6.07, 6.45) is 3.14. The van der Waals surface area contributed by atoms with Crippen molar-refractivity contribution in [3.63, 3.8) is 0 Å². The van der Waals surface area contributed by atoms with E-state index in [1.165, 1.54) is 29.8 Å². The Balaban J connectivity index is 1.83. The molecule has 2 aromatic carbocycles. The molecule has 0 unspecified atom stereocenters. The van der Waals surface area contributed by atoms with Crippen molar-refractivity contribution < 1.29 is 8.78 Å². The van der Waals surface area contributed by atoms with Crippen molar-refractivity contribution in [2.75, 3.05) is 0 Å². The maximum atomic E-state index is 12.9. The molecule has 0 amide bonds. The highest BCUT2D eigenvalue weighted by molar-refractivity contribution is 5.35. The molecule has 1 aliphatic carbocycles. The second-order valence-electron chi connectivity index (χ2n) is 5.09. The van der Waals surface area contributed by atoms with Gasteiger partial charge in [-0.3, -0.25) is 0 Å². The SMILES string of the molecule is Fc1ccc(CC2(c3ccc(F)cc3)CC2)cc1. The van der Waals surface area contributed by atoms with Gasteiger partial charge in [0, 0.05) is 0 Å². The lowest BCUT2D eigenvalue weighted by atomic mass is 9.89. The molecule has 1 saturated carbocycles. The van der Waals surface area contributed by atoms with Gasteiger partial charge in [-0.15, -0.1) is 0 Å². The first kappa shape index (κ1) is 11.4. The van der Waals surface area contributed by atoms with E-state index >= 15 is 0 Å². The molecule has 0 heterocycles. The van der Waals surface area contributed by atoms with E-state index in [2.05, 4.69) is 0 Å². The van der Waals surface area contributed by atoms with Crippen molar-refractivity contribution in [1.82, 2.24) is 0 Å². The fraction of sp³-hybridized carbons (Fsp3) is 0.250. The minimum atomic E-state index is -0.203. The van der Waals surface area contributed by atoms with Crippen molar-refractivity contribution >= 4 is 0 Å². The first-order valence-corrected chi connectivity index (χ1v) is 6.18. The number of benzene rings is 2. The van der Waals surface area contributed by atoms with Crippen molar-refractivity contribution in [2.45, 2.75) is 24.7 Å². The molecule has 0 aromatic heterocycles. The zero-order valence-corrected chi connectivity index (χ0v) is 10.00. The van der Waals surface area contributed by atoms with E-state index in [0.717, 1.165) is 24.8 Å². The van der Waals surface area contributed by atoms with Crippen LogP contribution in [-0.2, 0) is 11.8 Å². The molecule has 0 bridgehead atoms. The normalized spacial score (nSPS) is 16.6. The third kappa shape index (κ3) is 2.15. The Morgan fingerprint density at radius 3 is 1.78 bits per heavy atom. The third-order valence-electron chi connectivity index (χ3n) is 3.77. The summed E-state index contributed by atoms with van der Waals surface area (Å²) in [6.45, 7) is 0. The molecular weight excluding hydrogens is 230 g/mol. The van der Waals surface area contributed by atoms with Crippen LogP contribution in [0, 0.1) is 11.6 Å². The van der Waals surface area contributed by atoms with Gasteiger partial charge in [0.25, 0.3) is 0 Å². The van der Waals surface area contributed by atoms with Crippen LogP contribution in [0.25, 0.3) is 0 Å². The molecule has 0 N–H and O–H groups in total. The first-order valence-electron chi connectivity index (χ1n) is 6.18. The lowest BCUT2D eigenvalue weighted by molar-refractivity contribution is 0.619. The average Bonchev–Trinajstić information content (AvgIpc) is 3.14. The van der Waals surface area contributed by atoms with Crippen LogP contribution in [-0.4, -0.2) is 0 Å². The van der Waals surface area contributed by atoms with Gasteiger partial charge in [0.15, 0.2) is 0 Å². The molecule has 2 aromatic rings. The molecule has 0 atom stereocenters. The molecule has 3 rings (SSSR count). The van der Waals surface area contributed by atoms with Gasteiger partial charge >= 0.3 is 0 Å². The summed E-state index contributed by atoms with van der Waals surface area (Å²) in [7, 11) is 0. The van der Waals surface area contributed by atoms with Crippen LogP contribution in [0.1, 0.15) is 24.0 Å². The van der Waals surface area contributed by atoms with Crippen LogP contribution in [0.5, 0.6) is 0 Å². The van der Waals surface area contributed by atoms with Gasteiger partial charge in [-0.25, -0.2) is 8.78 Å². The molecule has 1 aliphatic rings. The smallest absolute Gasteiger partial charge is 0.123 e. The molecule has 0 nitrogen and oxygen atoms in total. The van der Waals surface area contributed by atoms with Gasteiger partial charge in [0.1, 0.15) is 11.6 Å². The van der Waals surface area contributed by atoms with Gasteiger partial charge in [0.2, 0.25) is 0 Å². The van der Waals surface area contributed by atoms with E-state index in [9.17, 15) is 8.78 Å². The Hall–Kier alpha value is -1.70. The molecule has 18 heavy (non-hydrogen) atoms. The van der Waals surface area contributed by atoms with E-state index in [-0.39, 0.29) is 17.0 Å². The second-order valence-corrected chi connectivity index (χ2v) is 5.09. The van der Waals surface area contributed by atoms with E-state index in [4.69, 9.17) is 0 Å². The van der Waals surface area contributed by atoms with E-state index in [1.807, 2.05) is 24.3 Å². The highest BCUT2D eigenvalue weighted by Crippen LogP contribution is 2.50. The van der Waals surface area contributed by atoms with Crippen molar-refractivity contribution in [3.05, 3.63) is 71.3 Å². The second kappa shape index (κ2) is 4.20. The summed E-state index contributed by atoms with van der Waals surface area (Å²) < 4.78 is 25.8. The van der Waals surface area contributed by atoms with Crippen molar-refractivity contribution in [2.24, 2.45) is 0 Å². The van der Waals surface area contributed by atoms with E-state index in [0.29, 0.717) is 0 Å². The quantitative estimate of drug-likeness (QED) is 0.757.